The molecule has 2 aliphatic rings. The molecule has 3 aromatic rings. The SMILES string of the molecule is O=C(c1cccnc1)N1C[C@@H](N2CCC(c3ccccc3)CC2)[C@H](c2ccccc2)C1. The second kappa shape index (κ2) is 9.03. The Labute approximate surface area is 184 Å². The van der Waals surface area contributed by atoms with E-state index in [0.717, 1.165) is 26.2 Å². The number of pyridine rings is 1. The lowest BCUT2D eigenvalue weighted by molar-refractivity contribution is 0.0769. The summed E-state index contributed by atoms with van der Waals surface area (Å²) in [6.07, 6.45) is 5.75. The summed E-state index contributed by atoms with van der Waals surface area (Å²) in [7, 11) is 0. The molecule has 158 valence electrons. The molecule has 0 bridgehead atoms. The molecule has 2 saturated heterocycles. The zero-order valence-electron chi connectivity index (χ0n) is 17.8. The van der Waals surface area contributed by atoms with Gasteiger partial charge in [-0.05, 0) is 55.1 Å². The number of hydrogen-bond donors (Lipinski definition) is 0. The third kappa shape index (κ3) is 4.26. The van der Waals surface area contributed by atoms with E-state index in [1.807, 2.05) is 17.0 Å². The Morgan fingerprint density at radius 2 is 1.48 bits per heavy atom. The van der Waals surface area contributed by atoms with Gasteiger partial charge in [0, 0.05) is 37.4 Å². The molecule has 0 unspecified atom stereocenters. The molecule has 0 saturated carbocycles. The van der Waals surface area contributed by atoms with Crippen LogP contribution in [0, 0.1) is 0 Å². The predicted octanol–water partition coefficient (Wildman–Crippen LogP) is 4.57. The minimum Gasteiger partial charge on any atom is -0.336 e. The van der Waals surface area contributed by atoms with Gasteiger partial charge in [-0.2, -0.15) is 0 Å². The van der Waals surface area contributed by atoms with Crippen molar-refractivity contribution in [3.05, 3.63) is 102 Å². The minimum atomic E-state index is 0.0932. The smallest absolute Gasteiger partial charge is 0.255 e. The van der Waals surface area contributed by atoms with Crippen LogP contribution in [0.4, 0.5) is 0 Å². The van der Waals surface area contributed by atoms with E-state index in [-0.39, 0.29) is 5.91 Å². The van der Waals surface area contributed by atoms with Crippen LogP contribution in [-0.2, 0) is 0 Å². The minimum absolute atomic E-state index is 0.0932. The quantitative estimate of drug-likeness (QED) is 0.631. The van der Waals surface area contributed by atoms with Gasteiger partial charge < -0.3 is 4.90 Å². The Balaban J connectivity index is 1.34. The fourth-order valence-corrected chi connectivity index (χ4v) is 5.31. The molecule has 0 aliphatic carbocycles. The van der Waals surface area contributed by atoms with Crippen LogP contribution in [0.1, 0.15) is 46.2 Å². The average Bonchev–Trinajstić information content (AvgIpc) is 3.31. The van der Waals surface area contributed by atoms with Gasteiger partial charge in [-0.3, -0.25) is 14.7 Å². The highest BCUT2D eigenvalue weighted by atomic mass is 16.2. The van der Waals surface area contributed by atoms with Gasteiger partial charge in [-0.1, -0.05) is 60.7 Å². The number of rotatable bonds is 4. The average molecular weight is 412 g/mol. The fourth-order valence-electron chi connectivity index (χ4n) is 5.31. The maximum atomic E-state index is 13.2. The van der Waals surface area contributed by atoms with Crippen molar-refractivity contribution in [2.24, 2.45) is 0 Å². The molecule has 2 fully saturated rings. The summed E-state index contributed by atoms with van der Waals surface area (Å²) in [6, 6.07) is 25.7. The van der Waals surface area contributed by atoms with E-state index in [4.69, 9.17) is 0 Å². The topological polar surface area (TPSA) is 36.4 Å². The highest BCUT2D eigenvalue weighted by molar-refractivity contribution is 5.94. The fraction of sp³-hybridized carbons (Fsp3) is 0.333. The number of hydrogen-bond acceptors (Lipinski definition) is 3. The van der Waals surface area contributed by atoms with Crippen molar-refractivity contribution in [2.45, 2.75) is 30.7 Å². The van der Waals surface area contributed by atoms with Crippen LogP contribution in [-0.4, -0.2) is 52.9 Å². The van der Waals surface area contributed by atoms with Crippen LogP contribution in [0.2, 0.25) is 0 Å². The van der Waals surface area contributed by atoms with Gasteiger partial charge in [-0.15, -0.1) is 0 Å². The molecule has 1 aromatic heterocycles. The van der Waals surface area contributed by atoms with Crippen molar-refractivity contribution >= 4 is 5.91 Å². The monoisotopic (exact) mass is 411 g/mol. The molecule has 2 aliphatic heterocycles. The summed E-state index contributed by atoms with van der Waals surface area (Å²) in [4.78, 5) is 22.0. The second-order valence-electron chi connectivity index (χ2n) is 8.76. The number of carbonyl (C=O) groups is 1. The number of likely N-dealkylation sites (tertiary alicyclic amines) is 2. The molecular formula is C27H29N3O. The van der Waals surface area contributed by atoms with Crippen LogP contribution in [0.25, 0.3) is 0 Å². The zero-order chi connectivity index (χ0) is 21.0. The maximum absolute atomic E-state index is 13.2. The van der Waals surface area contributed by atoms with Gasteiger partial charge in [0.15, 0.2) is 0 Å². The lowest BCUT2D eigenvalue weighted by atomic mass is 9.87. The number of aromatic nitrogens is 1. The van der Waals surface area contributed by atoms with Gasteiger partial charge in [0.1, 0.15) is 0 Å². The van der Waals surface area contributed by atoms with Crippen molar-refractivity contribution in [1.29, 1.82) is 0 Å². The van der Waals surface area contributed by atoms with Crippen molar-refractivity contribution < 1.29 is 4.79 Å². The predicted molar refractivity (Wildman–Crippen MR) is 123 cm³/mol. The van der Waals surface area contributed by atoms with E-state index in [1.54, 1.807) is 12.4 Å². The molecule has 0 spiro atoms. The lowest BCUT2D eigenvalue weighted by Gasteiger charge is -2.38. The van der Waals surface area contributed by atoms with Crippen LogP contribution < -0.4 is 0 Å². The Kier molecular flexibility index (Phi) is 5.81. The Morgan fingerprint density at radius 1 is 0.806 bits per heavy atom. The standard InChI is InChI=1S/C27H29N3O/c31-27(24-12-7-15-28-18-24)30-19-25(23-10-5-2-6-11-23)26(20-30)29-16-13-22(14-17-29)21-8-3-1-4-9-21/h1-12,15,18,22,25-26H,13-14,16-17,19-20H2/t25-,26+/m0/s1. The van der Waals surface area contributed by atoms with Crippen molar-refractivity contribution in [2.75, 3.05) is 26.2 Å². The van der Waals surface area contributed by atoms with Crippen LogP contribution in [0.3, 0.4) is 0 Å². The third-order valence-corrected chi connectivity index (χ3v) is 6.98. The first kappa shape index (κ1) is 20.0. The summed E-state index contributed by atoms with van der Waals surface area (Å²) in [5, 5.41) is 0. The first-order valence-electron chi connectivity index (χ1n) is 11.3. The molecule has 3 heterocycles. The van der Waals surface area contributed by atoms with Crippen molar-refractivity contribution in [1.82, 2.24) is 14.8 Å². The molecule has 1 amide bonds. The number of carbonyl (C=O) groups excluding carboxylic acids is 1. The van der Waals surface area contributed by atoms with Crippen molar-refractivity contribution in [3.8, 4) is 0 Å². The highest BCUT2D eigenvalue weighted by Crippen LogP contribution is 2.36. The molecule has 0 radical (unpaired) electrons. The van der Waals surface area contributed by atoms with Crippen LogP contribution in [0.15, 0.2) is 85.2 Å². The van der Waals surface area contributed by atoms with E-state index in [2.05, 4.69) is 70.5 Å². The largest absolute Gasteiger partial charge is 0.336 e. The number of amides is 1. The number of nitrogens with zero attached hydrogens (tertiary/aromatic N) is 3. The molecule has 5 rings (SSSR count). The summed E-state index contributed by atoms with van der Waals surface area (Å²) in [6.45, 7) is 3.72. The Bertz CT molecular complexity index is 985. The Morgan fingerprint density at radius 3 is 2.13 bits per heavy atom. The molecule has 0 N–H and O–H groups in total. The van der Waals surface area contributed by atoms with E-state index >= 15 is 0 Å². The number of benzene rings is 2. The highest BCUT2D eigenvalue weighted by Gasteiger charge is 2.40. The van der Waals surface area contributed by atoms with Gasteiger partial charge in [0.25, 0.3) is 5.91 Å². The number of piperidine rings is 1. The van der Waals surface area contributed by atoms with Crippen molar-refractivity contribution in [3.63, 3.8) is 0 Å². The molecule has 31 heavy (non-hydrogen) atoms. The maximum Gasteiger partial charge on any atom is 0.255 e. The van der Waals surface area contributed by atoms with Crippen LogP contribution in [0.5, 0.6) is 0 Å². The summed E-state index contributed by atoms with van der Waals surface area (Å²) < 4.78 is 0. The summed E-state index contributed by atoms with van der Waals surface area (Å²) in [5.41, 5.74) is 3.47. The molecule has 2 aromatic carbocycles. The normalized spacial score (nSPS) is 22.5. The first-order valence-corrected chi connectivity index (χ1v) is 11.3. The Hall–Kier alpha value is -2.98. The van der Waals surface area contributed by atoms with E-state index in [1.165, 1.54) is 24.0 Å². The third-order valence-electron chi connectivity index (χ3n) is 6.98. The van der Waals surface area contributed by atoms with E-state index in [0.29, 0.717) is 23.4 Å². The van der Waals surface area contributed by atoms with Crippen LogP contribution >= 0.6 is 0 Å². The van der Waals surface area contributed by atoms with Gasteiger partial charge in [-0.25, -0.2) is 0 Å². The molecule has 4 nitrogen and oxygen atoms in total. The van der Waals surface area contributed by atoms with Gasteiger partial charge in [0.05, 0.1) is 5.56 Å². The molecule has 2 atom stereocenters. The summed E-state index contributed by atoms with van der Waals surface area (Å²) in [5.74, 6) is 1.08. The van der Waals surface area contributed by atoms with E-state index in [9.17, 15) is 4.79 Å². The second-order valence-corrected chi connectivity index (χ2v) is 8.76. The van der Waals surface area contributed by atoms with Gasteiger partial charge in [0.2, 0.25) is 0 Å². The molecule has 4 heteroatoms. The molecular weight excluding hydrogens is 382 g/mol. The zero-order valence-corrected chi connectivity index (χ0v) is 17.8. The van der Waals surface area contributed by atoms with E-state index < -0.39 is 0 Å². The summed E-state index contributed by atoms with van der Waals surface area (Å²) >= 11 is 0. The first-order chi connectivity index (χ1) is 15.3. The lowest BCUT2D eigenvalue weighted by Crippen LogP contribution is -2.45. The van der Waals surface area contributed by atoms with Gasteiger partial charge >= 0.3 is 0 Å².